The summed E-state index contributed by atoms with van der Waals surface area (Å²) in [6, 6.07) is 6.08. The van der Waals surface area contributed by atoms with E-state index in [1.807, 2.05) is 35.4 Å². The van der Waals surface area contributed by atoms with Gasteiger partial charge in [-0.25, -0.2) is 4.31 Å². The number of benzene rings is 1. The number of aliphatic hydroxyl groups excluding tert-OH is 1. The summed E-state index contributed by atoms with van der Waals surface area (Å²) in [6.45, 7) is 6.15. The predicted octanol–water partition coefficient (Wildman–Crippen LogP) is 5.93. The summed E-state index contributed by atoms with van der Waals surface area (Å²) in [5.74, 6) is 0.188. The molecule has 4 atom stereocenters. The van der Waals surface area contributed by atoms with Gasteiger partial charge in [0, 0.05) is 59.8 Å². The molecule has 2 aromatic rings. The average molecular weight is 577 g/mol. The molecule has 0 spiro atoms. The molecule has 220 valence electrons. The van der Waals surface area contributed by atoms with E-state index in [4.69, 9.17) is 0 Å². The molecule has 7 nitrogen and oxygen atoms in total. The van der Waals surface area contributed by atoms with E-state index in [1.165, 1.54) is 34.4 Å². The van der Waals surface area contributed by atoms with Gasteiger partial charge >= 0.3 is 0 Å². The molecule has 2 N–H and O–H groups in total. The van der Waals surface area contributed by atoms with Crippen molar-refractivity contribution in [2.24, 2.45) is 5.92 Å². The van der Waals surface area contributed by atoms with Crippen molar-refractivity contribution in [3.05, 3.63) is 71.0 Å². The quantitative estimate of drug-likeness (QED) is 0.381. The molecule has 0 radical (unpaired) electrons. The van der Waals surface area contributed by atoms with E-state index in [-0.39, 0.29) is 23.7 Å². The number of hydrogen-bond donors (Lipinski definition) is 2. The molecule has 2 aliphatic heterocycles. The Bertz CT molecular complexity index is 1370. The number of aromatic nitrogens is 1. The first-order chi connectivity index (χ1) is 19.8. The molecule has 2 amide bonds. The number of likely N-dealkylation sites (tertiary alicyclic amines) is 1. The maximum Gasteiger partial charge on any atom is 0.262 e. The van der Waals surface area contributed by atoms with Crippen LogP contribution in [0.1, 0.15) is 85.8 Å². The molecule has 1 aromatic carbocycles. The molecule has 3 aliphatic rings. The monoisotopic (exact) mass is 576 g/mol. The third-order valence-corrected chi connectivity index (χ3v) is 9.30. The zero-order valence-electron chi connectivity index (χ0n) is 24.8. The molecular weight excluding hydrogens is 532 g/mol. The lowest BCUT2D eigenvalue weighted by Crippen LogP contribution is -2.46. The number of carbonyl (C=O) groups excluding carboxylic acids is 2. The van der Waals surface area contributed by atoms with Crippen molar-refractivity contribution in [2.75, 3.05) is 27.2 Å². The Morgan fingerprint density at radius 1 is 1.20 bits per heavy atom. The van der Waals surface area contributed by atoms with Crippen molar-refractivity contribution in [3.63, 3.8) is 0 Å². The predicted molar refractivity (Wildman–Crippen MR) is 168 cm³/mol. The van der Waals surface area contributed by atoms with Gasteiger partial charge < -0.3 is 14.6 Å². The third kappa shape index (κ3) is 6.35. The van der Waals surface area contributed by atoms with Crippen molar-refractivity contribution < 1.29 is 14.7 Å². The van der Waals surface area contributed by atoms with Crippen LogP contribution in [0.4, 0.5) is 0 Å². The SMILES string of the molecule is CCCC(CC)c1c2n(c3cc(C(=O)NSN(C)C)ccc13)CC(C(=O)N1CCCC(O)C1)CC1=CC2C=CC=C1. The van der Waals surface area contributed by atoms with Crippen molar-refractivity contribution in [2.45, 2.75) is 76.9 Å². The first kappa shape index (κ1) is 29.7. The minimum absolute atomic E-state index is 0.0859. The van der Waals surface area contributed by atoms with Crippen LogP contribution in [0.5, 0.6) is 0 Å². The van der Waals surface area contributed by atoms with E-state index >= 15 is 0 Å². The number of carbonyl (C=O) groups is 2. The Hall–Kier alpha value is -2.81. The second-order valence-electron chi connectivity index (χ2n) is 11.9. The lowest BCUT2D eigenvalue weighted by atomic mass is 9.84. The maximum absolute atomic E-state index is 14.0. The molecule has 0 saturated carbocycles. The number of aliphatic hydroxyl groups is 1. The summed E-state index contributed by atoms with van der Waals surface area (Å²) in [4.78, 5) is 29.0. The minimum atomic E-state index is -0.457. The van der Waals surface area contributed by atoms with E-state index in [2.05, 4.69) is 59.6 Å². The Morgan fingerprint density at radius 3 is 2.76 bits per heavy atom. The molecule has 1 fully saturated rings. The van der Waals surface area contributed by atoms with Gasteiger partial charge in [0.2, 0.25) is 5.91 Å². The highest BCUT2D eigenvalue weighted by Gasteiger charge is 2.34. The minimum Gasteiger partial charge on any atom is -0.391 e. The lowest BCUT2D eigenvalue weighted by Gasteiger charge is -2.34. The number of piperidine rings is 1. The standard InChI is InChI=1S/C33H44N4O3S/c1-5-10-23(6-2)30-28-15-14-25(32(39)34-41-35(3)4)19-29(28)37-20-26(33(40)36-16-9-13-27(38)21-36)18-22-11-7-8-12-24(17-22)31(30)37/h7-8,11-12,14-15,17,19,23-24,26-27,38H,5-6,9-10,13,16,18,20-21H2,1-4H3,(H,34,39). The number of nitrogens with one attached hydrogen (secondary N) is 1. The highest BCUT2D eigenvalue weighted by Crippen LogP contribution is 2.43. The summed E-state index contributed by atoms with van der Waals surface area (Å²) >= 11 is 1.26. The molecular formula is C33H44N4O3S. The van der Waals surface area contributed by atoms with Gasteiger partial charge in [0.05, 0.1) is 12.0 Å². The fraction of sp³-hybridized carbons (Fsp3) is 0.515. The summed E-state index contributed by atoms with van der Waals surface area (Å²) in [6.07, 6.45) is 15.9. The van der Waals surface area contributed by atoms with Gasteiger partial charge in [-0.2, -0.15) is 0 Å². The van der Waals surface area contributed by atoms with Crippen LogP contribution < -0.4 is 4.72 Å². The lowest BCUT2D eigenvalue weighted by molar-refractivity contribution is -0.139. The topological polar surface area (TPSA) is 77.8 Å². The van der Waals surface area contributed by atoms with E-state index in [9.17, 15) is 14.7 Å². The van der Waals surface area contributed by atoms with E-state index in [0.717, 1.165) is 37.6 Å². The fourth-order valence-corrected chi connectivity index (χ4v) is 7.16. The maximum atomic E-state index is 14.0. The number of hydrogen-bond acceptors (Lipinski definition) is 5. The van der Waals surface area contributed by atoms with E-state index < -0.39 is 6.10 Å². The van der Waals surface area contributed by atoms with Crippen molar-refractivity contribution in [1.82, 2.24) is 18.5 Å². The van der Waals surface area contributed by atoms with Gasteiger partial charge in [-0.1, -0.05) is 62.3 Å². The van der Waals surface area contributed by atoms with Crippen LogP contribution in [0.2, 0.25) is 0 Å². The Labute approximate surface area is 248 Å². The third-order valence-electron chi connectivity index (χ3n) is 8.66. The van der Waals surface area contributed by atoms with Crippen LogP contribution in [-0.4, -0.2) is 64.0 Å². The first-order valence-corrected chi connectivity index (χ1v) is 15.9. The molecule has 3 heterocycles. The highest BCUT2D eigenvalue weighted by atomic mass is 32.2. The molecule has 2 bridgehead atoms. The normalized spacial score (nSPS) is 23.0. The molecule has 1 aromatic heterocycles. The zero-order chi connectivity index (χ0) is 29.1. The van der Waals surface area contributed by atoms with Crippen LogP contribution >= 0.6 is 12.1 Å². The molecule has 1 saturated heterocycles. The zero-order valence-corrected chi connectivity index (χ0v) is 25.6. The van der Waals surface area contributed by atoms with Crippen molar-refractivity contribution in [3.8, 4) is 0 Å². The number of amides is 2. The van der Waals surface area contributed by atoms with Crippen molar-refractivity contribution in [1.29, 1.82) is 0 Å². The van der Waals surface area contributed by atoms with Gasteiger partial charge in [0.25, 0.3) is 5.91 Å². The number of rotatable bonds is 8. The molecule has 41 heavy (non-hydrogen) atoms. The highest BCUT2D eigenvalue weighted by molar-refractivity contribution is 7.95. The second kappa shape index (κ2) is 13.0. The van der Waals surface area contributed by atoms with Crippen molar-refractivity contribution >= 4 is 34.9 Å². The second-order valence-corrected chi connectivity index (χ2v) is 13.0. The smallest absolute Gasteiger partial charge is 0.262 e. The molecule has 4 unspecified atom stereocenters. The average Bonchev–Trinajstić information content (AvgIpc) is 3.08. The van der Waals surface area contributed by atoms with Crippen LogP contribution in [-0.2, 0) is 11.3 Å². The fourth-order valence-electron chi connectivity index (χ4n) is 6.77. The number of allylic oxidation sites excluding steroid dienone is 6. The largest absolute Gasteiger partial charge is 0.391 e. The van der Waals surface area contributed by atoms with Crippen LogP contribution in [0.15, 0.2) is 54.2 Å². The Kier molecular flexibility index (Phi) is 9.42. The van der Waals surface area contributed by atoms with E-state index in [0.29, 0.717) is 37.5 Å². The van der Waals surface area contributed by atoms with Crippen LogP contribution in [0.3, 0.4) is 0 Å². The Balaban J connectivity index is 1.68. The first-order valence-electron chi connectivity index (χ1n) is 15.1. The van der Waals surface area contributed by atoms with Crippen LogP contribution in [0.25, 0.3) is 10.9 Å². The van der Waals surface area contributed by atoms with Gasteiger partial charge in [-0.05, 0) is 69.8 Å². The number of fused-ring (bicyclic) bond motifs is 5. The molecule has 1 aliphatic carbocycles. The summed E-state index contributed by atoms with van der Waals surface area (Å²) < 4.78 is 7.13. The van der Waals surface area contributed by atoms with E-state index in [1.54, 1.807) is 0 Å². The van der Waals surface area contributed by atoms with Gasteiger partial charge in [-0.3, -0.25) is 14.3 Å². The Morgan fingerprint density at radius 2 is 2.02 bits per heavy atom. The van der Waals surface area contributed by atoms with Gasteiger partial charge in [-0.15, -0.1) is 0 Å². The number of β-amino-alcohol motifs (C(OH)–C–C–N with tert-alkyl or cyclic N) is 1. The summed E-state index contributed by atoms with van der Waals surface area (Å²) in [7, 11) is 3.79. The van der Waals surface area contributed by atoms with Gasteiger partial charge in [0.1, 0.15) is 0 Å². The summed E-state index contributed by atoms with van der Waals surface area (Å²) in [5, 5.41) is 11.5. The molecule has 5 rings (SSSR count). The van der Waals surface area contributed by atoms with Crippen LogP contribution in [0, 0.1) is 5.92 Å². The molecule has 8 heteroatoms. The van der Waals surface area contributed by atoms with Gasteiger partial charge in [0.15, 0.2) is 0 Å². The number of nitrogens with zero attached hydrogens (tertiary/aromatic N) is 3. The summed E-state index contributed by atoms with van der Waals surface area (Å²) in [5.41, 5.74) is 5.41.